The molecule has 1 aromatic rings. The van der Waals surface area contributed by atoms with Crippen LogP contribution in [0.15, 0.2) is 18.2 Å². The molecule has 0 radical (unpaired) electrons. The van der Waals surface area contributed by atoms with Crippen LogP contribution in [0.1, 0.15) is 35.7 Å². The summed E-state index contributed by atoms with van der Waals surface area (Å²) in [6, 6.07) is 5.35. The number of likely N-dealkylation sites (tertiary alicyclic amines) is 1. The number of carbonyl (C=O) groups excluding carboxylic acids is 3. The minimum absolute atomic E-state index is 0.0362. The minimum atomic E-state index is -0.159. The Morgan fingerprint density at radius 1 is 1.35 bits per heavy atom. The van der Waals surface area contributed by atoms with Gasteiger partial charge in [-0.1, -0.05) is 6.07 Å². The van der Waals surface area contributed by atoms with E-state index in [-0.39, 0.29) is 23.1 Å². The average molecular weight is 315 g/mol. The minimum Gasteiger partial charge on any atom is -0.355 e. The third-order valence-electron chi connectivity index (χ3n) is 4.80. The van der Waals surface area contributed by atoms with Crippen molar-refractivity contribution in [2.24, 2.45) is 5.41 Å². The number of amides is 3. The van der Waals surface area contributed by atoms with Crippen LogP contribution in [-0.4, -0.2) is 42.3 Å². The van der Waals surface area contributed by atoms with Crippen LogP contribution in [0, 0.1) is 12.3 Å². The lowest BCUT2D eigenvalue weighted by molar-refractivity contribution is -0.119. The molecule has 2 heterocycles. The number of rotatable bonds is 2. The molecule has 1 aromatic carbocycles. The Hall–Kier alpha value is -2.37. The van der Waals surface area contributed by atoms with E-state index >= 15 is 0 Å². The van der Waals surface area contributed by atoms with Crippen molar-refractivity contribution < 1.29 is 14.4 Å². The molecule has 23 heavy (non-hydrogen) atoms. The summed E-state index contributed by atoms with van der Waals surface area (Å²) in [5.41, 5.74) is 1.94. The first-order valence-electron chi connectivity index (χ1n) is 7.83. The summed E-state index contributed by atoms with van der Waals surface area (Å²) >= 11 is 0. The number of nitrogens with zero attached hydrogens (tertiary/aromatic N) is 1. The van der Waals surface area contributed by atoms with Crippen molar-refractivity contribution in [3.05, 3.63) is 29.3 Å². The predicted octanol–water partition coefficient (Wildman–Crippen LogP) is 1.31. The average Bonchev–Trinajstić information content (AvgIpc) is 3.07. The van der Waals surface area contributed by atoms with Gasteiger partial charge < -0.3 is 15.5 Å². The van der Waals surface area contributed by atoms with Crippen molar-refractivity contribution in [1.29, 1.82) is 0 Å². The van der Waals surface area contributed by atoms with E-state index in [0.717, 1.165) is 12.0 Å². The van der Waals surface area contributed by atoms with E-state index in [0.29, 0.717) is 37.3 Å². The first-order valence-corrected chi connectivity index (χ1v) is 7.83. The molecular weight excluding hydrogens is 294 g/mol. The normalized spacial score (nSPS) is 23.2. The fourth-order valence-electron chi connectivity index (χ4n) is 3.51. The van der Waals surface area contributed by atoms with Gasteiger partial charge in [0.25, 0.3) is 5.91 Å². The topological polar surface area (TPSA) is 78.5 Å². The van der Waals surface area contributed by atoms with Gasteiger partial charge in [0.15, 0.2) is 0 Å². The standard InChI is InChI=1S/C17H21N3O3/c1-11-13(4-3-5-14(11)19-12(2)21)16(23)20-7-6-17(10-20)8-15(22)18-9-17/h3-5H,6-10H2,1-2H3,(H,18,22)(H,19,21). The van der Waals surface area contributed by atoms with Gasteiger partial charge in [-0.3, -0.25) is 14.4 Å². The third kappa shape index (κ3) is 2.93. The van der Waals surface area contributed by atoms with Crippen LogP contribution in [0.3, 0.4) is 0 Å². The number of nitrogens with one attached hydrogen (secondary N) is 2. The maximum Gasteiger partial charge on any atom is 0.254 e. The zero-order valence-electron chi connectivity index (χ0n) is 13.4. The SMILES string of the molecule is CC(=O)Nc1cccc(C(=O)N2CCC3(CNC(=O)C3)C2)c1C. The maximum atomic E-state index is 12.8. The molecule has 6 heteroatoms. The molecule has 3 amide bonds. The van der Waals surface area contributed by atoms with Crippen LogP contribution < -0.4 is 10.6 Å². The summed E-state index contributed by atoms with van der Waals surface area (Å²) in [6.45, 7) is 5.21. The molecule has 2 aliphatic rings. The van der Waals surface area contributed by atoms with Gasteiger partial charge in [0, 0.05) is 49.6 Å². The van der Waals surface area contributed by atoms with Gasteiger partial charge in [-0.25, -0.2) is 0 Å². The molecule has 1 spiro atoms. The molecule has 3 rings (SSSR count). The Bertz CT molecular complexity index is 686. The van der Waals surface area contributed by atoms with Gasteiger partial charge in [0.2, 0.25) is 11.8 Å². The lowest BCUT2D eigenvalue weighted by Crippen LogP contribution is -2.33. The molecule has 1 unspecified atom stereocenters. The molecule has 0 aromatic heterocycles. The van der Waals surface area contributed by atoms with Crippen molar-refractivity contribution in [3.63, 3.8) is 0 Å². The van der Waals surface area contributed by atoms with Gasteiger partial charge in [-0.2, -0.15) is 0 Å². The molecule has 0 bridgehead atoms. The van der Waals surface area contributed by atoms with E-state index in [1.165, 1.54) is 6.92 Å². The summed E-state index contributed by atoms with van der Waals surface area (Å²) in [5, 5.41) is 5.62. The van der Waals surface area contributed by atoms with Crippen molar-refractivity contribution >= 4 is 23.4 Å². The highest BCUT2D eigenvalue weighted by Gasteiger charge is 2.45. The molecule has 0 aliphatic carbocycles. The highest BCUT2D eigenvalue weighted by Crippen LogP contribution is 2.37. The zero-order chi connectivity index (χ0) is 16.6. The molecule has 0 saturated carbocycles. The fraction of sp³-hybridized carbons (Fsp3) is 0.471. The van der Waals surface area contributed by atoms with Crippen LogP contribution in [0.4, 0.5) is 5.69 Å². The second-order valence-corrected chi connectivity index (χ2v) is 6.59. The number of benzene rings is 1. The van der Waals surface area contributed by atoms with Crippen molar-refractivity contribution in [2.45, 2.75) is 26.7 Å². The Kier molecular flexibility index (Phi) is 3.83. The molecule has 2 fully saturated rings. The largest absolute Gasteiger partial charge is 0.355 e. The van der Waals surface area contributed by atoms with Gasteiger partial charge in [-0.15, -0.1) is 0 Å². The Balaban J connectivity index is 1.79. The Morgan fingerprint density at radius 3 is 2.78 bits per heavy atom. The van der Waals surface area contributed by atoms with Gasteiger partial charge >= 0.3 is 0 Å². The highest BCUT2D eigenvalue weighted by atomic mass is 16.2. The lowest BCUT2D eigenvalue weighted by atomic mass is 9.86. The third-order valence-corrected chi connectivity index (χ3v) is 4.80. The summed E-state index contributed by atoms with van der Waals surface area (Å²) < 4.78 is 0. The van der Waals surface area contributed by atoms with E-state index in [1.54, 1.807) is 18.2 Å². The monoisotopic (exact) mass is 315 g/mol. The molecule has 122 valence electrons. The number of hydrogen-bond donors (Lipinski definition) is 2. The Morgan fingerprint density at radius 2 is 2.13 bits per heavy atom. The van der Waals surface area contributed by atoms with Gasteiger partial charge in [0.05, 0.1) is 0 Å². The quantitative estimate of drug-likeness (QED) is 0.863. The molecule has 2 aliphatic heterocycles. The molecule has 2 saturated heterocycles. The van der Waals surface area contributed by atoms with Crippen molar-refractivity contribution in [2.75, 3.05) is 25.0 Å². The molecule has 2 N–H and O–H groups in total. The fourth-order valence-corrected chi connectivity index (χ4v) is 3.51. The number of anilines is 1. The van der Waals surface area contributed by atoms with Crippen molar-refractivity contribution in [3.8, 4) is 0 Å². The van der Waals surface area contributed by atoms with Crippen LogP contribution in [0.2, 0.25) is 0 Å². The summed E-state index contributed by atoms with van der Waals surface area (Å²) in [5.74, 6) is -0.123. The second kappa shape index (κ2) is 5.68. The number of hydrogen-bond acceptors (Lipinski definition) is 3. The smallest absolute Gasteiger partial charge is 0.254 e. The van der Waals surface area contributed by atoms with Gasteiger partial charge in [0.1, 0.15) is 0 Å². The van der Waals surface area contributed by atoms with E-state index in [1.807, 2.05) is 11.8 Å². The summed E-state index contributed by atoms with van der Waals surface area (Å²) in [6.07, 6.45) is 1.35. The van der Waals surface area contributed by atoms with Crippen LogP contribution in [0.25, 0.3) is 0 Å². The molecule has 1 atom stereocenters. The van der Waals surface area contributed by atoms with E-state index < -0.39 is 0 Å². The Labute approximate surface area is 135 Å². The summed E-state index contributed by atoms with van der Waals surface area (Å²) in [7, 11) is 0. The maximum absolute atomic E-state index is 12.8. The second-order valence-electron chi connectivity index (χ2n) is 6.59. The summed E-state index contributed by atoms with van der Waals surface area (Å²) in [4.78, 5) is 37.4. The van der Waals surface area contributed by atoms with Gasteiger partial charge in [-0.05, 0) is 31.0 Å². The first-order chi connectivity index (χ1) is 10.9. The predicted molar refractivity (Wildman–Crippen MR) is 86.1 cm³/mol. The lowest BCUT2D eigenvalue weighted by Gasteiger charge is -2.22. The van der Waals surface area contributed by atoms with E-state index in [9.17, 15) is 14.4 Å². The first kappa shape index (κ1) is 15.5. The van der Waals surface area contributed by atoms with E-state index in [4.69, 9.17) is 0 Å². The highest BCUT2D eigenvalue weighted by molar-refractivity contribution is 5.99. The van der Waals surface area contributed by atoms with Crippen LogP contribution >= 0.6 is 0 Å². The molecule has 6 nitrogen and oxygen atoms in total. The van der Waals surface area contributed by atoms with E-state index in [2.05, 4.69) is 10.6 Å². The zero-order valence-corrected chi connectivity index (χ0v) is 13.4. The van der Waals surface area contributed by atoms with Crippen LogP contribution in [0.5, 0.6) is 0 Å². The molecular formula is C17H21N3O3. The van der Waals surface area contributed by atoms with Crippen LogP contribution in [-0.2, 0) is 9.59 Å². The van der Waals surface area contributed by atoms with Crippen molar-refractivity contribution in [1.82, 2.24) is 10.2 Å². The number of carbonyl (C=O) groups is 3.